The molecule has 0 aliphatic heterocycles. The Balaban J connectivity index is 0.000000204. The average molecular weight is 979 g/mol. The fourth-order valence-electron chi connectivity index (χ4n) is 7.95. The van der Waals surface area contributed by atoms with E-state index in [-0.39, 0.29) is 24.0 Å². The first kappa shape index (κ1) is 49.4. The summed E-state index contributed by atoms with van der Waals surface area (Å²) in [6, 6.07) is 20.1. The Morgan fingerprint density at radius 2 is 1.14 bits per heavy atom. The van der Waals surface area contributed by atoms with Gasteiger partial charge in [0.2, 0.25) is 43.1 Å². The number of nitrogens with one attached hydrogen (secondary N) is 2. The Kier molecular flexibility index (Phi) is 14.9. The fourth-order valence-corrected chi connectivity index (χ4v) is 10.2. The number of esters is 1. The summed E-state index contributed by atoms with van der Waals surface area (Å²) >= 11 is 0. The highest BCUT2D eigenvalue weighted by molar-refractivity contribution is 7.90. The maximum Gasteiger partial charge on any atom is 0.322 e. The molecular formula is C47H46N8O12S2. The van der Waals surface area contributed by atoms with E-state index in [1.54, 1.807) is 54.6 Å². The summed E-state index contributed by atoms with van der Waals surface area (Å²) < 4.78 is 80.6. The van der Waals surface area contributed by atoms with Crippen LogP contribution in [0.3, 0.4) is 0 Å². The molecule has 0 saturated heterocycles. The SMILES string of the molecule is [C-]#[N+]c1cc(-c2nc(-c3cccc4c3CC[C@@H]4NS(=O)(=O)CC(=O)O)no2)ccc1OC(C)C.[C-]#[N+]c1cc(-c2nc(-c3cccc4c3CC[C@@H]4NS(=O)(=O)CC(=O)OC)no2)ccc1OC(C)C. The highest BCUT2D eigenvalue weighted by Crippen LogP contribution is 2.41. The molecule has 2 heterocycles. The lowest BCUT2D eigenvalue weighted by Gasteiger charge is -2.14. The highest BCUT2D eigenvalue weighted by atomic mass is 32.2. The molecule has 0 saturated carbocycles. The number of carboxylic acid groups (broad SMARTS) is 1. The predicted octanol–water partition coefficient (Wildman–Crippen LogP) is 7.55. The first-order valence-corrected chi connectivity index (χ1v) is 24.7. The Morgan fingerprint density at radius 1 is 0.710 bits per heavy atom. The number of carbonyl (C=O) groups is 2. The van der Waals surface area contributed by atoms with Crippen molar-refractivity contribution in [2.24, 2.45) is 0 Å². The third kappa shape index (κ3) is 11.8. The topological polar surface area (TPSA) is 261 Å². The molecule has 0 unspecified atom stereocenters. The van der Waals surface area contributed by atoms with Crippen molar-refractivity contribution >= 4 is 43.4 Å². The molecule has 8 rings (SSSR count). The smallest absolute Gasteiger partial charge is 0.322 e. The van der Waals surface area contributed by atoms with Crippen LogP contribution >= 0.6 is 0 Å². The summed E-state index contributed by atoms with van der Waals surface area (Å²) in [6.07, 6.45) is 2.05. The Hall–Kier alpha value is -7.50. The zero-order valence-corrected chi connectivity index (χ0v) is 39.6. The summed E-state index contributed by atoms with van der Waals surface area (Å²) in [7, 11) is -6.68. The van der Waals surface area contributed by atoms with Gasteiger partial charge in [0.25, 0.3) is 11.8 Å². The van der Waals surface area contributed by atoms with Crippen molar-refractivity contribution in [2.45, 2.75) is 77.7 Å². The monoisotopic (exact) mass is 978 g/mol. The van der Waals surface area contributed by atoms with Gasteiger partial charge in [0.15, 0.2) is 11.5 Å². The van der Waals surface area contributed by atoms with Crippen LogP contribution < -0.4 is 18.9 Å². The molecule has 2 aliphatic carbocycles. The number of aliphatic carboxylic acids is 1. The van der Waals surface area contributed by atoms with Crippen LogP contribution in [0.25, 0.3) is 55.4 Å². The molecule has 2 aliphatic rings. The molecule has 358 valence electrons. The van der Waals surface area contributed by atoms with Gasteiger partial charge in [-0.2, -0.15) is 9.97 Å². The van der Waals surface area contributed by atoms with Crippen molar-refractivity contribution in [3.05, 3.63) is 118 Å². The molecule has 4 aromatic carbocycles. The van der Waals surface area contributed by atoms with Gasteiger partial charge in [-0.3, -0.25) is 9.59 Å². The summed E-state index contributed by atoms with van der Waals surface area (Å²) in [5, 5.41) is 17.0. The molecular weight excluding hydrogens is 933 g/mol. The second-order valence-electron chi connectivity index (χ2n) is 16.4. The highest BCUT2D eigenvalue weighted by Gasteiger charge is 2.32. The maximum atomic E-state index is 12.3. The largest absolute Gasteiger partial charge is 0.502 e. The van der Waals surface area contributed by atoms with Crippen molar-refractivity contribution in [1.29, 1.82) is 0 Å². The number of nitrogens with zero attached hydrogens (tertiary/aromatic N) is 6. The number of ether oxygens (including phenoxy) is 3. The van der Waals surface area contributed by atoms with Crippen LogP contribution in [0.1, 0.15) is 74.9 Å². The Labute approximate surface area is 397 Å². The van der Waals surface area contributed by atoms with Gasteiger partial charge in [-0.1, -0.05) is 46.7 Å². The summed E-state index contributed by atoms with van der Waals surface area (Å²) in [6.45, 7) is 22.4. The minimum absolute atomic E-state index is 0.0645. The number of rotatable bonds is 16. The van der Waals surface area contributed by atoms with Gasteiger partial charge in [-0.05, 0) is 112 Å². The fraction of sp³-hybridized carbons (Fsp3) is 0.319. The molecule has 0 bridgehead atoms. The van der Waals surface area contributed by atoms with E-state index >= 15 is 0 Å². The molecule has 2 aromatic heterocycles. The summed E-state index contributed by atoms with van der Waals surface area (Å²) in [5.74, 6) is -1.80. The number of methoxy groups -OCH3 is 1. The lowest BCUT2D eigenvalue weighted by atomic mass is 10.0. The van der Waals surface area contributed by atoms with Crippen molar-refractivity contribution in [3.63, 3.8) is 0 Å². The van der Waals surface area contributed by atoms with E-state index in [9.17, 15) is 26.4 Å². The molecule has 0 amide bonds. The average Bonchev–Trinajstić information content (AvgIpc) is 4.14. The van der Waals surface area contributed by atoms with E-state index in [0.29, 0.717) is 76.9 Å². The van der Waals surface area contributed by atoms with E-state index in [1.165, 1.54) is 0 Å². The molecule has 0 radical (unpaired) electrons. The molecule has 2 atom stereocenters. The van der Waals surface area contributed by atoms with Crippen molar-refractivity contribution in [3.8, 4) is 57.2 Å². The maximum absolute atomic E-state index is 12.3. The second-order valence-corrected chi connectivity index (χ2v) is 19.9. The third-order valence-corrected chi connectivity index (χ3v) is 13.3. The number of carboxylic acids is 1. The zero-order chi connectivity index (χ0) is 49.6. The van der Waals surface area contributed by atoms with E-state index in [0.717, 1.165) is 34.9 Å². The molecule has 22 heteroatoms. The van der Waals surface area contributed by atoms with E-state index in [4.69, 9.17) is 36.8 Å². The number of carbonyl (C=O) groups excluding carboxylic acids is 1. The molecule has 6 aromatic rings. The van der Waals surface area contributed by atoms with Gasteiger partial charge in [-0.15, -0.1) is 0 Å². The van der Waals surface area contributed by atoms with Crippen molar-refractivity contribution in [2.75, 3.05) is 18.6 Å². The van der Waals surface area contributed by atoms with Crippen LogP contribution in [0.15, 0.2) is 81.8 Å². The zero-order valence-electron chi connectivity index (χ0n) is 37.9. The number of hydrogen-bond acceptors (Lipinski definition) is 15. The normalized spacial score (nSPS) is 15.1. The molecule has 69 heavy (non-hydrogen) atoms. The predicted molar refractivity (Wildman–Crippen MR) is 250 cm³/mol. The minimum Gasteiger partial charge on any atom is -0.502 e. The lowest BCUT2D eigenvalue weighted by molar-refractivity contribution is -0.137. The minimum atomic E-state index is -3.97. The lowest BCUT2D eigenvalue weighted by Crippen LogP contribution is -2.33. The summed E-state index contributed by atoms with van der Waals surface area (Å²) in [5.41, 5.74) is 6.63. The number of aromatic nitrogens is 4. The third-order valence-electron chi connectivity index (χ3n) is 10.7. The van der Waals surface area contributed by atoms with Crippen LogP contribution in [0.5, 0.6) is 11.5 Å². The van der Waals surface area contributed by atoms with Gasteiger partial charge in [0, 0.05) is 34.3 Å². The first-order valence-electron chi connectivity index (χ1n) is 21.4. The van der Waals surface area contributed by atoms with Crippen molar-refractivity contribution < 1.29 is 54.8 Å². The van der Waals surface area contributed by atoms with Crippen molar-refractivity contribution in [1.82, 2.24) is 29.7 Å². The van der Waals surface area contributed by atoms with E-state index < -0.39 is 55.6 Å². The Morgan fingerprint density at radius 3 is 1.54 bits per heavy atom. The molecule has 20 nitrogen and oxygen atoms in total. The molecule has 0 fully saturated rings. The van der Waals surface area contributed by atoms with Crippen LogP contribution in [0.4, 0.5) is 11.4 Å². The van der Waals surface area contributed by atoms with Gasteiger partial charge in [0.05, 0.1) is 32.5 Å². The van der Waals surface area contributed by atoms with Gasteiger partial charge in [-0.25, -0.2) is 36.0 Å². The number of benzene rings is 4. The van der Waals surface area contributed by atoms with Crippen LogP contribution in [0, 0.1) is 13.1 Å². The van der Waals surface area contributed by atoms with E-state index in [2.05, 4.69) is 44.2 Å². The van der Waals surface area contributed by atoms with E-state index in [1.807, 2.05) is 45.9 Å². The summed E-state index contributed by atoms with van der Waals surface area (Å²) in [4.78, 5) is 38.3. The number of hydrogen-bond donors (Lipinski definition) is 3. The van der Waals surface area contributed by atoms with Crippen LogP contribution in [-0.4, -0.2) is 85.0 Å². The first-order chi connectivity index (χ1) is 32.9. The number of sulfonamides is 2. The Bertz CT molecular complexity index is 3230. The number of fused-ring (bicyclic) bond motifs is 2. The van der Waals surface area contributed by atoms with Gasteiger partial charge < -0.3 is 28.4 Å². The molecule has 3 N–H and O–H groups in total. The quantitative estimate of drug-likeness (QED) is 0.0624. The van der Waals surface area contributed by atoms with Crippen LogP contribution in [-0.2, 0) is 47.2 Å². The second kappa shape index (κ2) is 20.8. The molecule has 0 spiro atoms. The van der Waals surface area contributed by atoms with Gasteiger partial charge in [0.1, 0.15) is 11.5 Å². The van der Waals surface area contributed by atoms with Crippen LogP contribution in [0.2, 0.25) is 0 Å². The van der Waals surface area contributed by atoms with Gasteiger partial charge >= 0.3 is 11.9 Å². The standard InChI is InChI=1S/C24H24N4O6S.C23H22N4O6S/c1-14(2)33-21-11-8-15(12-20(21)25-3)24-26-23(27-34-24)18-7-5-6-17-16(18)9-10-19(17)28-35(30,31)13-22(29)32-4;1-13(2)32-20-10-7-14(11-19(20)24-3)23-25-22(26-33-23)17-6-4-5-16-15(17)8-9-18(16)27-34(30,31)12-21(28)29/h5-8,11-12,14,19,28H,9-10,13H2,1-2,4H3;4-7,10-11,13,18,27H,8-9,12H2,1-2H3,(H,28,29)/t19-;18-/m00/s1.